The lowest BCUT2D eigenvalue weighted by Gasteiger charge is -2.15. The third kappa shape index (κ3) is 4.51. The van der Waals surface area contributed by atoms with Crippen LogP contribution in [0.4, 0.5) is 24.5 Å². The number of halogens is 3. The highest BCUT2D eigenvalue weighted by Crippen LogP contribution is 2.31. The average Bonchev–Trinajstić information content (AvgIpc) is 2.54. The van der Waals surface area contributed by atoms with E-state index < -0.39 is 11.7 Å². The quantitative estimate of drug-likeness (QED) is 0.788. The van der Waals surface area contributed by atoms with Crippen molar-refractivity contribution in [2.24, 2.45) is 0 Å². The Bertz CT molecular complexity index is 736. The van der Waals surface area contributed by atoms with Crippen LogP contribution in [-0.2, 0) is 6.18 Å². The normalized spacial score (nSPS) is 10.9. The molecule has 0 saturated heterocycles. The molecule has 24 heavy (non-hydrogen) atoms. The minimum atomic E-state index is -4.41. The first kappa shape index (κ1) is 17.9. The van der Waals surface area contributed by atoms with Gasteiger partial charge in [-0.05, 0) is 42.5 Å². The van der Waals surface area contributed by atoms with Crippen molar-refractivity contribution in [2.45, 2.75) is 6.18 Å². The zero-order valence-electron chi connectivity index (χ0n) is 12.9. The molecule has 0 saturated carbocycles. The molecule has 0 amide bonds. The van der Waals surface area contributed by atoms with Gasteiger partial charge in [0.15, 0.2) is 5.11 Å². The van der Waals surface area contributed by atoms with Crippen LogP contribution in [0.3, 0.4) is 0 Å². The Hall–Kier alpha value is -2.48. The number of ether oxygens (including phenoxy) is 2. The van der Waals surface area contributed by atoms with E-state index in [1.165, 1.54) is 26.4 Å². The molecular formula is C16H15F3N2O2S. The summed E-state index contributed by atoms with van der Waals surface area (Å²) in [6.07, 6.45) is -4.41. The van der Waals surface area contributed by atoms with Crippen molar-refractivity contribution < 1.29 is 22.6 Å². The van der Waals surface area contributed by atoms with Gasteiger partial charge in [0.25, 0.3) is 0 Å². The van der Waals surface area contributed by atoms with Crippen LogP contribution in [-0.4, -0.2) is 19.3 Å². The van der Waals surface area contributed by atoms with Gasteiger partial charge in [-0.1, -0.05) is 6.07 Å². The van der Waals surface area contributed by atoms with Crippen molar-refractivity contribution in [1.82, 2.24) is 0 Å². The summed E-state index contributed by atoms with van der Waals surface area (Å²) >= 11 is 5.13. The highest BCUT2D eigenvalue weighted by molar-refractivity contribution is 7.80. The summed E-state index contributed by atoms with van der Waals surface area (Å²) in [4.78, 5) is 0. The lowest BCUT2D eigenvalue weighted by molar-refractivity contribution is -0.137. The molecule has 0 aliphatic heterocycles. The predicted molar refractivity (Wildman–Crippen MR) is 90.8 cm³/mol. The first-order valence-corrected chi connectivity index (χ1v) is 7.21. The van der Waals surface area contributed by atoms with Gasteiger partial charge in [0.1, 0.15) is 11.5 Å². The number of hydrogen-bond acceptors (Lipinski definition) is 3. The van der Waals surface area contributed by atoms with E-state index in [4.69, 9.17) is 21.7 Å². The lowest BCUT2D eigenvalue weighted by Crippen LogP contribution is -2.20. The van der Waals surface area contributed by atoms with Crippen LogP contribution in [0.15, 0.2) is 42.5 Å². The number of rotatable bonds is 4. The fourth-order valence-electron chi connectivity index (χ4n) is 1.96. The molecule has 0 spiro atoms. The Balaban J connectivity index is 2.11. The van der Waals surface area contributed by atoms with Gasteiger partial charge >= 0.3 is 6.18 Å². The molecular weight excluding hydrogens is 341 g/mol. The van der Waals surface area contributed by atoms with Crippen molar-refractivity contribution in [1.29, 1.82) is 0 Å². The van der Waals surface area contributed by atoms with Crippen molar-refractivity contribution in [3.8, 4) is 11.5 Å². The number of nitrogens with one attached hydrogen (secondary N) is 2. The molecule has 128 valence electrons. The molecule has 8 heteroatoms. The summed E-state index contributed by atoms with van der Waals surface area (Å²) < 4.78 is 48.5. The second-order valence-corrected chi connectivity index (χ2v) is 5.13. The predicted octanol–water partition coefficient (Wildman–Crippen LogP) is 4.53. The van der Waals surface area contributed by atoms with E-state index >= 15 is 0 Å². The fraction of sp³-hybridized carbons (Fsp3) is 0.188. The Morgan fingerprint density at radius 1 is 1.00 bits per heavy atom. The van der Waals surface area contributed by atoms with E-state index in [0.29, 0.717) is 17.2 Å². The number of hydrogen-bond donors (Lipinski definition) is 2. The molecule has 4 nitrogen and oxygen atoms in total. The smallest absolute Gasteiger partial charge is 0.416 e. The van der Waals surface area contributed by atoms with Gasteiger partial charge in [-0.15, -0.1) is 0 Å². The summed E-state index contributed by atoms with van der Waals surface area (Å²) in [5.41, 5.74) is 0.0370. The lowest BCUT2D eigenvalue weighted by atomic mass is 10.2. The molecule has 0 heterocycles. The number of alkyl halides is 3. The number of thiocarbonyl (C=S) groups is 1. The summed E-state index contributed by atoms with van der Waals surface area (Å²) in [5.74, 6) is 1.09. The third-order valence-electron chi connectivity index (χ3n) is 3.10. The van der Waals surface area contributed by atoms with Gasteiger partial charge in [-0.25, -0.2) is 0 Å². The molecule has 0 fully saturated rings. The molecule has 2 N–H and O–H groups in total. The minimum Gasteiger partial charge on any atom is -0.497 e. The zero-order valence-corrected chi connectivity index (χ0v) is 13.7. The van der Waals surface area contributed by atoms with Crippen LogP contribution in [0.1, 0.15) is 5.56 Å². The minimum absolute atomic E-state index is 0.137. The first-order chi connectivity index (χ1) is 11.3. The molecule has 0 radical (unpaired) electrons. The molecule has 0 aromatic heterocycles. The summed E-state index contributed by atoms with van der Waals surface area (Å²) in [6.45, 7) is 0. The average molecular weight is 356 g/mol. The van der Waals surface area contributed by atoms with Gasteiger partial charge in [0, 0.05) is 11.8 Å². The molecule has 0 atom stereocenters. The van der Waals surface area contributed by atoms with Gasteiger partial charge in [0.05, 0.1) is 25.5 Å². The van der Waals surface area contributed by atoms with Gasteiger partial charge < -0.3 is 20.1 Å². The number of benzene rings is 2. The standard InChI is InChI=1S/C16H15F3N2O2S/c1-22-12-6-7-13(14(9-12)23-2)21-15(24)20-11-5-3-4-10(8-11)16(17,18)19/h3-9H,1-2H3,(H2,20,21,24). The molecule has 0 aliphatic carbocycles. The van der Waals surface area contributed by atoms with E-state index in [1.54, 1.807) is 18.2 Å². The highest BCUT2D eigenvalue weighted by Gasteiger charge is 2.30. The van der Waals surface area contributed by atoms with Gasteiger partial charge in [-0.3, -0.25) is 0 Å². The zero-order chi connectivity index (χ0) is 17.7. The number of methoxy groups -OCH3 is 2. The maximum atomic E-state index is 12.7. The maximum absolute atomic E-state index is 12.7. The van der Waals surface area contributed by atoms with Crippen molar-refractivity contribution in [2.75, 3.05) is 24.9 Å². The monoisotopic (exact) mass is 356 g/mol. The molecule has 2 aromatic carbocycles. The van der Waals surface area contributed by atoms with E-state index in [-0.39, 0.29) is 10.8 Å². The van der Waals surface area contributed by atoms with E-state index in [0.717, 1.165) is 12.1 Å². The SMILES string of the molecule is COc1ccc(NC(=S)Nc2cccc(C(F)(F)F)c2)c(OC)c1. The highest BCUT2D eigenvalue weighted by atomic mass is 32.1. The molecule has 2 rings (SSSR count). The van der Waals surface area contributed by atoms with E-state index in [9.17, 15) is 13.2 Å². The first-order valence-electron chi connectivity index (χ1n) is 6.81. The Morgan fingerprint density at radius 3 is 2.38 bits per heavy atom. The molecule has 2 aromatic rings. The van der Waals surface area contributed by atoms with Gasteiger partial charge in [0.2, 0.25) is 0 Å². The Morgan fingerprint density at radius 2 is 1.75 bits per heavy atom. The van der Waals surface area contributed by atoms with E-state index in [1.807, 2.05) is 0 Å². The number of anilines is 2. The Labute approximate surface area is 142 Å². The molecule has 0 bridgehead atoms. The van der Waals surface area contributed by atoms with Gasteiger partial charge in [-0.2, -0.15) is 13.2 Å². The molecule has 0 unspecified atom stereocenters. The van der Waals surface area contributed by atoms with Crippen molar-refractivity contribution in [3.63, 3.8) is 0 Å². The second-order valence-electron chi connectivity index (χ2n) is 4.72. The van der Waals surface area contributed by atoms with Crippen LogP contribution in [0, 0.1) is 0 Å². The van der Waals surface area contributed by atoms with Crippen molar-refractivity contribution in [3.05, 3.63) is 48.0 Å². The topological polar surface area (TPSA) is 42.5 Å². The fourth-order valence-corrected chi connectivity index (χ4v) is 2.19. The maximum Gasteiger partial charge on any atom is 0.416 e. The Kier molecular flexibility index (Phi) is 5.50. The molecule has 0 aliphatic rings. The second kappa shape index (κ2) is 7.39. The summed E-state index contributed by atoms with van der Waals surface area (Å²) in [7, 11) is 3.02. The summed E-state index contributed by atoms with van der Waals surface area (Å²) in [5, 5.41) is 5.73. The largest absolute Gasteiger partial charge is 0.497 e. The van der Waals surface area contributed by atoms with Crippen molar-refractivity contribution >= 4 is 28.7 Å². The van der Waals surface area contributed by atoms with Crippen LogP contribution >= 0.6 is 12.2 Å². The van der Waals surface area contributed by atoms with Crippen LogP contribution in [0.2, 0.25) is 0 Å². The van der Waals surface area contributed by atoms with Crippen LogP contribution < -0.4 is 20.1 Å². The van der Waals surface area contributed by atoms with Crippen LogP contribution in [0.5, 0.6) is 11.5 Å². The van der Waals surface area contributed by atoms with Crippen LogP contribution in [0.25, 0.3) is 0 Å². The summed E-state index contributed by atoms with van der Waals surface area (Å²) in [6, 6.07) is 9.84. The third-order valence-corrected chi connectivity index (χ3v) is 3.31. The van der Waals surface area contributed by atoms with E-state index in [2.05, 4.69) is 10.6 Å².